The number of carbonyl (C=O) groups excluding carboxylic acids is 2. The van der Waals surface area contributed by atoms with Gasteiger partial charge in [-0.3, -0.25) is 19.8 Å². The number of nitrogens with zero attached hydrogens (tertiary/aromatic N) is 1. The van der Waals surface area contributed by atoms with Gasteiger partial charge in [-0.05, 0) is 75.2 Å². The van der Waals surface area contributed by atoms with Gasteiger partial charge in [0.1, 0.15) is 12.2 Å². The van der Waals surface area contributed by atoms with Crippen molar-refractivity contribution in [3.05, 3.63) is 88.4 Å². The van der Waals surface area contributed by atoms with E-state index in [2.05, 4.69) is 46.0 Å². The Labute approximate surface area is 217 Å². The van der Waals surface area contributed by atoms with E-state index in [1.807, 2.05) is 31.2 Å². The number of rotatable bonds is 8. The molecule has 178 valence electrons. The molecular formula is C27H23BrN2O4S. The molecule has 0 saturated carbocycles. The second-order valence-corrected chi connectivity index (χ2v) is 8.95. The van der Waals surface area contributed by atoms with E-state index in [0.29, 0.717) is 34.7 Å². The fourth-order valence-corrected chi connectivity index (χ4v) is 4.62. The van der Waals surface area contributed by atoms with E-state index in [9.17, 15) is 9.59 Å². The number of nitrogens with one attached hydrogen (secondary N) is 1. The Hall–Kier alpha value is -3.49. The molecule has 0 spiro atoms. The molecule has 0 aliphatic carbocycles. The molecule has 0 unspecified atom stereocenters. The lowest BCUT2D eigenvalue weighted by Gasteiger charge is -2.27. The third kappa shape index (κ3) is 5.28. The van der Waals surface area contributed by atoms with Gasteiger partial charge in [0, 0.05) is 6.54 Å². The van der Waals surface area contributed by atoms with Crippen LogP contribution in [-0.4, -0.2) is 35.0 Å². The third-order valence-corrected chi connectivity index (χ3v) is 6.30. The first-order chi connectivity index (χ1) is 16.9. The van der Waals surface area contributed by atoms with Crippen LogP contribution in [0.25, 0.3) is 16.8 Å². The van der Waals surface area contributed by atoms with Crippen molar-refractivity contribution in [2.24, 2.45) is 0 Å². The van der Waals surface area contributed by atoms with Crippen LogP contribution in [0.1, 0.15) is 18.1 Å². The molecule has 2 amide bonds. The number of benzene rings is 3. The average Bonchev–Trinajstić information content (AvgIpc) is 2.84. The first-order valence-electron chi connectivity index (χ1n) is 11.0. The zero-order valence-corrected chi connectivity index (χ0v) is 21.4. The Bertz CT molecular complexity index is 1360. The zero-order chi connectivity index (χ0) is 24.9. The van der Waals surface area contributed by atoms with Gasteiger partial charge in [-0.25, -0.2) is 0 Å². The van der Waals surface area contributed by atoms with Crippen LogP contribution in [0, 0.1) is 0 Å². The number of thiocarbonyl (C=S) groups is 1. The highest BCUT2D eigenvalue weighted by Gasteiger charge is 2.32. The zero-order valence-electron chi connectivity index (χ0n) is 19.0. The number of ether oxygens (including phenoxy) is 2. The number of halogens is 1. The minimum atomic E-state index is -0.550. The number of amides is 2. The summed E-state index contributed by atoms with van der Waals surface area (Å²) in [5.41, 5.74) is 1.62. The summed E-state index contributed by atoms with van der Waals surface area (Å²) >= 11 is 8.68. The highest BCUT2D eigenvalue weighted by Crippen LogP contribution is 2.38. The lowest BCUT2D eigenvalue weighted by atomic mass is 10.1. The third-order valence-electron chi connectivity index (χ3n) is 5.39. The van der Waals surface area contributed by atoms with Crippen molar-refractivity contribution >= 4 is 61.9 Å². The van der Waals surface area contributed by atoms with Crippen LogP contribution in [0.2, 0.25) is 0 Å². The summed E-state index contributed by atoms with van der Waals surface area (Å²) in [6.07, 6.45) is 3.06. The van der Waals surface area contributed by atoms with Crippen LogP contribution in [0.5, 0.6) is 11.5 Å². The average molecular weight is 551 g/mol. The van der Waals surface area contributed by atoms with E-state index >= 15 is 0 Å². The van der Waals surface area contributed by atoms with Crippen LogP contribution >= 0.6 is 28.1 Å². The monoisotopic (exact) mass is 550 g/mol. The van der Waals surface area contributed by atoms with Gasteiger partial charge in [0.05, 0.1) is 11.1 Å². The van der Waals surface area contributed by atoms with Crippen molar-refractivity contribution in [1.82, 2.24) is 10.2 Å². The molecule has 1 fully saturated rings. The first-order valence-corrected chi connectivity index (χ1v) is 12.2. The van der Waals surface area contributed by atoms with Crippen LogP contribution in [0.3, 0.4) is 0 Å². The minimum Gasteiger partial charge on any atom is -0.490 e. The van der Waals surface area contributed by atoms with Crippen molar-refractivity contribution in [3.63, 3.8) is 0 Å². The standard InChI is InChI=1S/C27H23BrN2O4S/c1-3-12-30-26(32)21(25(31)29-27(30)35)13-17-14-22(28)24(23(15-17)33-4-2)34-16-19-10-7-9-18-8-5-6-11-20(18)19/h3,5-11,13-15H,1,4,12,16H2,2H3,(H,29,31,35)/b21-13+. The summed E-state index contributed by atoms with van der Waals surface area (Å²) in [6, 6.07) is 17.7. The lowest BCUT2D eigenvalue weighted by molar-refractivity contribution is -0.128. The van der Waals surface area contributed by atoms with Gasteiger partial charge >= 0.3 is 0 Å². The molecule has 0 aromatic heterocycles. The maximum Gasteiger partial charge on any atom is 0.265 e. The van der Waals surface area contributed by atoms with Crippen LogP contribution in [0.15, 0.2) is 77.3 Å². The Morgan fingerprint density at radius 1 is 1.11 bits per heavy atom. The second kappa shape index (κ2) is 10.8. The fraction of sp³-hybridized carbons (Fsp3) is 0.148. The molecule has 8 heteroatoms. The molecule has 3 aromatic carbocycles. The highest BCUT2D eigenvalue weighted by atomic mass is 79.9. The largest absolute Gasteiger partial charge is 0.490 e. The quantitative estimate of drug-likeness (QED) is 0.176. The molecular weight excluding hydrogens is 528 g/mol. The van der Waals surface area contributed by atoms with Gasteiger partial charge < -0.3 is 9.47 Å². The van der Waals surface area contributed by atoms with Crippen LogP contribution < -0.4 is 14.8 Å². The molecule has 1 aliphatic heterocycles. The van der Waals surface area contributed by atoms with E-state index in [-0.39, 0.29) is 17.2 Å². The number of carbonyl (C=O) groups is 2. The molecule has 6 nitrogen and oxygen atoms in total. The topological polar surface area (TPSA) is 67.9 Å². The van der Waals surface area contributed by atoms with E-state index < -0.39 is 11.8 Å². The molecule has 1 saturated heterocycles. The Kier molecular flexibility index (Phi) is 7.63. The summed E-state index contributed by atoms with van der Waals surface area (Å²) in [5, 5.41) is 4.87. The fourth-order valence-electron chi connectivity index (χ4n) is 3.80. The van der Waals surface area contributed by atoms with E-state index in [1.165, 1.54) is 11.0 Å². The Morgan fingerprint density at radius 2 is 1.89 bits per heavy atom. The molecule has 0 atom stereocenters. The predicted molar refractivity (Wildman–Crippen MR) is 144 cm³/mol. The van der Waals surface area contributed by atoms with Crippen molar-refractivity contribution in [2.75, 3.05) is 13.2 Å². The van der Waals surface area contributed by atoms with Gasteiger partial charge in [0.2, 0.25) is 0 Å². The maximum atomic E-state index is 12.9. The van der Waals surface area contributed by atoms with Crippen molar-refractivity contribution < 1.29 is 19.1 Å². The summed E-state index contributed by atoms with van der Waals surface area (Å²) < 4.78 is 12.7. The van der Waals surface area contributed by atoms with Crippen molar-refractivity contribution in [1.29, 1.82) is 0 Å². The molecule has 0 radical (unpaired) electrons. The molecule has 35 heavy (non-hydrogen) atoms. The second-order valence-electron chi connectivity index (χ2n) is 7.71. The molecule has 1 aliphatic rings. The van der Waals surface area contributed by atoms with E-state index in [1.54, 1.807) is 18.2 Å². The molecule has 4 rings (SSSR count). The number of hydrogen-bond acceptors (Lipinski definition) is 5. The van der Waals surface area contributed by atoms with Gasteiger partial charge in [-0.2, -0.15) is 0 Å². The van der Waals surface area contributed by atoms with Crippen molar-refractivity contribution in [3.8, 4) is 11.5 Å². The smallest absolute Gasteiger partial charge is 0.265 e. The number of fused-ring (bicyclic) bond motifs is 1. The normalized spacial score (nSPS) is 14.9. The summed E-state index contributed by atoms with van der Waals surface area (Å²) in [7, 11) is 0. The summed E-state index contributed by atoms with van der Waals surface area (Å²) in [6.45, 7) is 6.47. The Balaban J connectivity index is 1.65. The number of hydrogen-bond donors (Lipinski definition) is 1. The molecule has 1 N–H and O–H groups in total. The van der Waals surface area contributed by atoms with Crippen LogP contribution in [0.4, 0.5) is 0 Å². The van der Waals surface area contributed by atoms with E-state index in [0.717, 1.165) is 16.3 Å². The highest BCUT2D eigenvalue weighted by molar-refractivity contribution is 9.10. The molecule has 1 heterocycles. The van der Waals surface area contributed by atoms with Crippen LogP contribution in [-0.2, 0) is 16.2 Å². The maximum absolute atomic E-state index is 12.9. The molecule has 3 aromatic rings. The summed E-state index contributed by atoms with van der Waals surface area (Å²) in [4.78, 5) is 26.6. The lowest BCUT2D eigenvalue weighted by Crippen LogP contribution is -2.53. The van der Waals surface area contributed by atoms with Crippen molar-refractivity contribution in [2.45, 2.75) is 13.5 Å². The van der Waals surface area contributed by atoms with Gasteiger partial charge in [-0.1, -0.05) is 48.5 Å². The van der Waals surface area contributed by atoms with Gasteiger partial charge in [0.25, 0.3) is 11.8 Å². The predicted octanol–water partition coefficient (Wildman–Crippen LogP) is 5.39. The molecule has 0 bridgehead atoms. The van der Waals surface area contributed by atoms with Gasteiger partial charge in [0.15, 0.2) is 16.6 Å². The summed E-state index contributed by atoms with van der Waals surface area (Å²) in [5.74, 6) is 0.00149. The van der Waals surface area contributed by atoms with Gasteiger partial charge in [-0.15, -0.1) is 6.58 Å². The Morgan fingerprint density at radius 3 is 2.66 bits per heavy atom. The minimum absolute atomic E-state index is 0.0285. The first kappa shape index (κ1) is 24.6. The van der Waals surface area contributed by atoms with E-state index in [4.69, 9.17) is 21.7 Å². The SMILES string of the molecule is C=CCN1C(=O)/C(=C/c2cc(Br)c(OCc3cccc4ccccc34)c(OCC)c2)C(=O)NC1=S.